The van der Waals surface area contributed by atoms with E-state index in [9.17, 15) is 9.59 Å². The number of nitrogens with zero attached hydrogens (tertiary/aromatic N) is 2. The van der Waals surface area contributed by atoms with Crippen LogP contribution < -0.4 is 10.6 Å². The Morgan fingerprint density at radius 3 is 2.50 bits per heavy atom. The first-order valence-electron chi connectivity index (χ1n) is 6.11. The summed E-state index contributed by atoms with van der Waals surface area (Å²) in [6.07, 6.45) is 1.39. The Kier molecular flexibility index (Phi) is 4.43. The Bertz CT molecular complexity index is 577. The van der Waals surface area contributed by atoms with E-state index >= 15 is 0 Å². The molecule has 104 valence electrons. The topological polar surface area (TPSA) is 99.8 Å². The molecule has 0 saturated carbocycles. The predicted molar refractivity (Wildman–Crippen MR) is 71.5 cm³/mol. The van der Waals surface area contributed by atoms with Crippen LogP contribution >= 0.6 is 0 Å². The highest BCUT2D eigenvalue weighted by Gasteiger charge is 2.06. The first-order chi connectivity index (χ1) is 9.65. The van der Waals surface area contributed by atoms with Gasteiger partial charge in [-0.25, -0.2) is 4.98 Å². The Morgan fingerprint density at radius 2 is 1.90 bits per heavy atom. The molecule has 3 N–H and O–H groups in total. The van der Waals surface area contributed by atoms with E-state index in [0.29, 0.717) is 24.5 Å². The monoisotopic (exact) mass is 273 g/mol. The molecule has 0 fully saturated rings. The maximum absolute atomic E-state index is 11.9. The number of amides is 2. The van der Waals surface area contributed by atoms with E-state index in [4.69, 9.17) is 0 Å². The number of nitrogens with one attached hydrogen (secondary N) is 3. The van der Waals surface area contributed by atoms with E-state index < -0.39 is 0 Å². The van der Waals surface area contributed by atoms with Gasteiger partial charge in [-0.2, -0.15) is 5.10 Å². The summed E-state index contributed by atoms with van der Waals surface area (Å²) >= 11 is 0. The lowest BCUT2D eigenvalue weighted by Gasteiger charge is -2.05. The summed E-state index contributed by atoms with van der Waals surface area (Å²) in [6, 6.07) is 7.04. The van der Waals surface area contributed by atoms with Crippen molar-refractivity contribution in [3.05, 3.63) is 47.5 Å². The molecule has 7 nitrogen and oxygen atoms in total. The molecule has 0 aliphatic carbocycles. The fourth-order valence-corrected chi connectivity index (χ4v) is 1.58. The summed E-state index contributed by atoms with van der Waals surface area (Å²) in [5, 5.41) is 11.8. The zero-order chi connectivity index (χ0) is 14.4. The van der Waals surface area contributed by atoms with Crippen LogP contribution in [0.4, 0.5) is 0 Å². The van der Waals surface area contributed by atoms with Crippen LogP contribution in [0.2, 0.25) is 0 Å². The van der Waals surface area contributed by atoms with Crippen molar-refractivity contribution in [1.82, 2.24) is 25.8 Å². The number of rotatable bonds is 5. The van der Waals surface area contributed by atoms with Crippen molar-refractivity contribution in [2.75, 3.05) is 0 Å². The van der Waals surface area contributed by atoms with Crippen LogP contribution in [-0.4, -0.2) is 27.0 Å². The fourth-order valence-electron chi connectivity index (χ4n) is 1.58. The van der Waals surface area contributed by atoms with E-state index in [1.807, 2.05) is 0 Å². The fraction of sp³-hybridized carbons (Fsp3) is 0.231. The molecule has 0 saturated heterocycles. The number of hydrogen-bond acceptors (Lipinski definition) is 4. The molecule has 0 bridgehead atoms. The van der Waals surface area contributed by atoms with Gasteiger partial charge >= 0.3 is 0 Å². The van der Waals surface area contributed by atoms with Crippen LogP contribution in [0, 0.1) is 0 Å². The lowest BCUT2D eigenvalue weighted by atomic mass is 10.1. The van der Waals surface area contributed by atoms with Gasteiger partial charge in [0.05, 0.1) is 6.54 Å². The molecule has 0 atom stereocenters. The molecule has 0 spiro atoms. The summed E-state index contributed by atoms with van der Waals surface area (Å²) in [7, 11) is 0. The van der Waals surface area contributed by atoms with Gasteiger partial charge in [-0.3, -0.25) is 14.7 Å². The van der Waals surface area contributed by atoms with Gasteiger partial charge in [0.1, 0.15) is 12.2 Å². The number of hydrogen-bond donors (Lipinski definition) is 3. The molecule has 7 heteroatoms. The second-order valence-electron chi connectivity index (χ2n) is 4.22. The minimum Gasteiger partial charge on any atom is -0.352 e. The number of aromatic nitrogens is 3. The highest BCUT2D eigenvalue weighted by atomic mass is 16.2. The quantitative estimate of drug-likeness (QED) is 0.732. The molecule has 2 aromatic rings. The molecule has 0 radical (unpaired) electrons. The third kappa shape index (κ3) is 3.91. The van der Waals surface area contributed by atoms with E-state index in [0.717, 1.165) is 5.56 Å². The van der Waals surface area contributed by atoms with E-state index in [2.05, 4.69) is 25.8 Å². The lowest BCUT2D eigenvalue weighted by Crippen LogP contribution is -2.23. The van der Waals surface area contributed by atoms with Gasteiger partial charge in [0.2, 0.25) is 5.91 Å². The minimum atomic E-state index is -0.188. The standard InChI is InChI=1S/C13H15N5O2/c1-9(19)14-6-10-2-4-11(5-3-10)13(20)15-7-12-16-8-17-18-12/h2-5,8H,6-7H2,1H3,(H,14,19)(H,15,20)(H,16,17,18). The molecule has 2 amide bonds. The van der Waals surface area contributed by atoms with Crippen molar-refractivity contribution < 1.29 is 9.59 Å². The average Bonchev–Trinajstić information content (AvgIpc) is 2.96. The molecule has 1 aromatic carbocycles. The highest BCUT2D eigenvalue weighted by molar-refractivity contribution is 5.94. The van der Waals surface area contributed by atoms with Gasteiger partial charge in [-0.1, -0.05) is 12.1 Å². The molecule has 2 rings (SSSR count). The highest BCUT2D eigenvalue weighted by Crippen LogP contribution is 2.04. The molecular weight excluding hydrogens is 258 g/mol. The van der Waals surface area contributed by atoms with Crippen molar-refractivity contribution in [3.63, 3.8) is 0 Å². The second-order valence-corrected chi connectivity index (χ2v) is 4.22. The van der Waals surface area contributed by atoms with Gasteiger partial charge < -0.3 is 10.6 Å². The van der Waals surface area contributed by atoms with E-state index in [1.54, 1.807) is 24.3 Å². The molecule has 0 aliphatic heterocycles. The van der Waals surface area contributed by atoms with E-state index in [1.165, 1.54) is 13.3 Å². The molecule has 0 aliphatic rings. The van der Waals surface area contributed by atoms with E-state index in [-0.39, 0.29) is 11.8 Å². The van der Waals surface area contributed by atoms with Crippen LogP contribution in [0.1, 0.15) is 28.7 Å². The van der Waals surface area contributed by atoms with Crippen molar-refractivity contribution >= 4 is 11.8 Å². The molecule has 1 aromatic heterocycles. The van der Waals surface area contributed by atoms with Gasteiger partial charge in [0.25, 0.3) is 5.91 Å². The molecule has 1 heterocycles. The molecule has 20 heavy (non-hydrogen) atoms. The number of benzene rings is 1. The SMILES string of the molecule is CC(=O)NCc1ccc(C(=O)NCc2ncn[nH]2)cc1. The van der Waals surface area contributed by atoms with Gasteiger partial charge in [0.15, 0.2) is 0 Å². The van der Waals surface area contributed by atoms with Crippen molar-refractivity contribution in [3.8, 4) is 0 Å². The first kappa shape index (κ1) is 13.7. The second kappa shape index (κ2) is 6.46. The Morgan fingerprint density at radius 1 is 1.15 bits per heavy atom. The first-order valence-corrected chi connectivity index (χ1v) is 6.11. The summed E-state index contributed by atoms with van der Waals surface area (Å²) < 4.78 is 0. The zero-order valence-electron chi connectivity index (χ0n) is 11.0. The van der Waals surface area contributed by atoms with Gasteiger partial charge in [-0.05, 0) is 17.7 Å². The third-order valence-electron chi connectivity index (χ3n) is 2.64. The number of carbonyl (C=O) groups excluding carboxylic acids is 2. The van der Waals surface area contributed by atoms with Crippen LogP contribution in [0.5, 0.6) is 0 Å². The minimum absolute atomic E-state index is 0.0844. The average molecular weight is 273 g/mol. The summed E-state index contributed by atoms with van der Waals surface area (Å²) in [6.45, 7) is 2.22. The molecule has 0 unspecified atom stereocenters. The summed E-state index contributed by atoms with van der Waals surface area (Å²) in [4.78, 5) is 26.6. The Hall–Kier alpha value is -2.70. The van der Waals surface area contributed by atoms with Crippen LogP contribution in [-0.2, 0) is 17.9 Å². The predicted octanol–water partition coefficient (Wildman–Crippen LogP) is 0.371. The Balaban J connectivity index is 1.88. The summed E-state index contributed by atoms with van der Waals surface area (Å²) in [5.41, 5.74) is 1.49. The lowest BCUT2D eigenvalue weighted by molar-refractivity contribution is -0.119. The smallest absolute Gasteiger partial charge is 0.251 e. The zero-order valence-corrected chi connectivity index (χ0v) is 11.0. The van der Waals surface area contributed by atoms with Crippen LogP contribution in [0.25, 0.3) is 0 Å². The van der Waals surface area contributed by atoms with Crippen molar-refractivity contribution in [1.29, 1.82) is 0 Å². The summed E-state index contributed by atoms with van der Waals surface area (Å²) in [5.74, 6) is 0.326. The third-order valence-corrected chi connectivity index (χ3v) is 2.64. The van der Waals surface area contributed by atoms with Crippen LogP contribution in [0.15, 0.2) is 30.6 Å². The number of H-pyrrole nitrogens is 1. The van der Waals surface area contributed by atoms with Crippen molar-refractivity contribution in [2.24, 2.45) is 0 Å². The molecular formula is C13H15N5O2. The maximum Gasteiger partial charge on any atom is 0.251 e. The maximum atomic E-state index is 11.9. The van der Waals surface area contributed by atoms with Gasteiger partial charge in [-0.15, -0.1) is 0 Å². The van der Waals surface area contributed by atoms with Crippen LogP contribution in [0.3, 0.4) is 0 Å². The normalized spacial score (nSPS) is 10.1. The largest absolute Gasteiger partial charge is 0.352 e. The van der Waals surface area contributed by atoms with Gasteiger partial charge in [0, 0.05) is 19.0 Å². The number of carbonyl (C=O) groups is 2. The number of aromatic amines is 1. The van der Waals surface area contributed by atoms with Crippen molar-refractivity contribution in [2.45, 2.75) is 20.0 Å². The Labute approximate surface area is 115 Å².